The van der Waals surface area contributed by atoms with Crippen molar-refractivity contribution in [1.29, 1.82) is 0 Å². The van der Waals surface area contributed by atoms with Gasteiger partial charge in [0.1, 0.15) is 5.82 Å². The van der Waals surface area contributed by atoms with E-state index in [4.69, 9.17) is 0 Å². The number of anilines is 1. The molecule has 0 radical (unpaired) electrons. The first-order valence-corrected chi connectivity index (χ1v) is 8.12. The standard InChI is InChI=1S/C18H21FN2O2/c1-12-14(11-17(22)23)18(21-8-4-2-3-5-9-21)15-10-13(19)6-7-16(15)20-12/h6-7,10H,2-5,8-9,11H2,1H3,(H,22,23). The van der Waals surface area contributed by atoms with Crippen LogP contribution in [0.15, 0.2) is 18.2 Å². The Morgan fingerprint density at radius 2 is 1.96 bits per heavy atom. The van der Waals surface area contributed by atoms with E-state index in [1.165, 1.54) is 25.0 Å². The van der Waals surface area contributed by atoms with Crippen LogP contribution in [0.1, 0.15) is 36.9 Å². The Kier molecular flexibility index (Phi) is 4.46. The molecule has 1 fully saturated rings. The molecule has 1 N–H and O–H groups in total. The van der Waals surface area contributed by atoms with Crippen LogP contribution >= 0.6 is 0 Å². The molecule has 0 bridgehead atoms. The van der Waals surface area contributed by atoms with Crippen molar-refractivity contribution in [1.82, 2.24) is 4.98 Å². The molecule has 4 nitrogen and oxygen atoms in total. The average Bonchev–Trinajstić information content (AvgIpc) is 2.77. The molecule has 5 heteroatoms. The summed E-state index contributed by atoms with van der Waals surface area (Å²) >= 11 is 0. The minimum absolute atomic E-state index is 0.0862. The van der Waals surface area contributed by atoms with Gasteiger partial charge in [-0.15, -0.1) is 0 Å². The van der Waals surface area contributed by atoms with E-state index in [2.05, 4.69) is 9.88 Å². The molecule has 1 aromatic carbocycles. The maximum atomic E-state index is 13.8. The van der Waals surface area contributed by atoms with Gasteiger partial charge in [-0.2, -0.15) is 0 Å². The third kappa shape index (κ3) is 3.28. The molecule has 122 valence electrons. The van der Waals surface area contributed by atoms with Crippen molar-refractivity contribution in [3.8, 4) is 0 Å². The Labute approximate surface area is 134 Å². The Morgan fingerprint density at radius 3 is 2.61 bits per heavy atom. The summed E-state index contributed by atoms with van der Waals surface area (Å²) in [7, 11) is 0. The summed E-state index contributed by atoms with van der Waals surface area (Å²) in [6.07, 6.45) is 4.43. The molecule has 1 aromatic heterocycles. The molecular weight excluding hydrogens is 295 g/mol. The van der Waals surface area contributed by atoms with Gasteiger partial charge in [-0.3, -0.25) is 9.78 Å². The number of pyridine rings is 1. The topological polar surface area (TPSA) is 53.4 Å². The Morgan fingerprint density at radius 1 is 1.26 bits per heavy atom. The maximum Gasteiger partial charge on any atom is 0.307 e. The van der Waals surface area contributed by atoms with Gasteiger partial charge < -0.3 is 10.0 Å². The highest BCUT2D eigenvalue weighted by Gasteiger charge is 2.21. The SMILES string of the molecule is Cc1nc2ccc(F)cc2c(N2CCCCCC2)c1CC(=O)O. The normalized spacial score (nSPS) is 15.7. The molecule has 0 unspecified atom stereocenters. The first-order chi connectivity index (χ1) is 11.1. The van der Waals surface area contributed by atoms with Crippen LogP contribution in [0.2, 0.25) is 0 Å². The number of carbonyl (C=O) groups is 1. The Hall–Kier alpha value is -2.17. The van der Waals surface area contributed by atoms with Crippen molar-refractivity contribution in [2.24, 2.45) is 0 Å². The summed E-state index contributed by atoms with van der Waals surface area (Å²) in [4.78, 5) is 18.0. The number of benzene rings is 1. The average molecular weight is 316 g/mol. The molecular formula is C18H21FN2O2. The lowest BCUT2D eigenvalue weighted by Gasteiger charge is -2.27. The number of nitrogens with zero attached hydrogens (tertiary/aromatic N) is 2. The molecule has 0 spiro atoms. The largest absolute Gasteiger partial charge is 0.481 e. The number of halogens is 1. The predicted molar refractivity (Wildman–Crippen MR) is 88.5 cm³/mol. The van der Waals surface area contributed by atoms with Crippen molar-refractivity contribution < 1.29 is 14.3 Å². The highest BCUT2D eigenvalue weighted by Crippen LogP contribution is 2.34. The van der Waals surface area contributed by atoms with Crippen molar-refractivity contribution in [2.75, 3.05) is 18.0 Å². The number of aryl methyl sites for hydroxylation is 1. The van der Waals surface area contributed by atoms with Gasteiger partial charge in [0.25, 0.3) is 0 Å². The molecule has 1 saturated heterocycles. The smallest absolute Gasteiger partial charge is 0.307 e. The van der Waals surface area contributed by atoms with Crippen LogP contribution in [0, 0.1) is 12.7 Å². The molecule has 3 rings (SSSR count). The fraction of sp³-hybridized carbons (Fsp3) is 0.444. The molecule has 2 aromatic rings. The minimum atomic E-state index is -0.887. The summed E-state index contributed by atoms with van der Waals surface area (Å²) in [6.45, 7) is 3.59. The second-order valence-electron chi connectivity index (χ2n) is 6.16. The van der Waals surface area contributed by atoms with Crippen molar-refractivity contribution in [3.05, 3.63) is 35.3 Å². The number of carboxylic acid groups (broad SMARTS) is 1. The number of hydrogen-bond acceptors (Lipinski definition) is 3. The van der Waals surface area contributed by atoms with E-state index >= 15 is 0 Å². The van der Waals surface area contributed by atoms with Crippen molar-refractivity contribution in [2.45, 2.75) is 39.0 Å². The van der Waals surface area contributed by atoms with E-state index in [0.29, 0.717) is 16.6 Å². The molecule has 0 atom stereocenters. The molecule has 2 heterocycles. The van der Waals surface area contributed by atoms with E-state index in [-0.39, 0.29) is 12.2 Å². The quantitative estimate of drug-likeness (QED) is 0.938. The first kappa shape index (κ1) is 15.7. The fourth-order valence-corrected chi connectivity index (χ4v) is 3.40. The lowest BCUT2D eigenvalue weighted by molar-refractivity contribution is -0.136. The third-order valence-electron chi connectivity index (χ3n) is 4.47. The summed E-state index contributed by atoms with van der Waals surface area (Å²) < 4.78 is 13.8. The van der Waals surface area contributed by atoms with Crippen LogP contribution in [0.3, 0.4) is 0 Å². The minimum Gasteiger partial charge on any atom is -0.481 e. The van der Waals surface area contributed by atoms with Crippen LogP contribution in [0.5, 0.6) is 0 Å². The predicted octanol–water partition coefficient (Wildman–Crippen LogP) is 3.69. The van der Waals surface area contributed by atoms with Gasteiger partial charge in [0.05, 0.1) is 17.6 Å². The zero-order chi connectivity index (χ0) is 16.4. The Balaban J connectivity index is 2.23. The van der Waals surface area contributed by atoms with Crippen LogP contribution in [0.4, 0.5) is 10.1 Å². The van der Waals surface area contributed by atoms with Crippen LogP contribution in [0.25, 0.3) is 10.9 Å². The maximum absolute atomic E-state index is 13.8. The zero-order valence-electron chi connectivity index (χ0n) is 13.3. The zero-order valence-corrected chi connectivity index (χ0v) is 13.3. The van der Waals surface area contributed by atoms with Crippen molar-refractivity contribution >= 4 is 22.6 Å². The van der Waals surface area contributed by atoms with Gasteiger partial charge in [-0.25, -0.2) is 4.39 Å². The van der Waals surface area contributed by atoms with Crippen LogP contribution in [-0.4, -0.2) is 29.1 Å². The number of carboxylic acids is 1. The number of hydrogen-bond donors (Lipinski definition) is 1. The third-order valence-corrected chi connectivity index (χ3v) is 4.47. The van der Waals surface area contributed by atoms with Gasteiger partial charge in [-0.1, -0.05) is 12.8 Å². The fourth-order valence-electron chi connectivity index (χ4n) is 3.40. The lowest BCUT2D eigenvalue weighted by Crippen LogP contribution is -2.26. The second kappa shape index (κ2) is 6.52. The first-order valence-electron chi connectivity index (χ1n) is 8.12. The molecule has 1 aliphatic rings. The molecule has 23 heavy (non-hydrogen) atoms. The van der Waals surface area contributed by atoms with E-state index < -0.39 is 5.97 Å². The highest BCUT2D eigenvalue weighted by molar-refractivity contribution is 5.95. The summed E-state index contributed by atoms with van der Waals surface area (Å²) in [5.74, 6) is -1.21. The van der Waals surface area contributed by atoms with Crippen LogP contribution < -0.4 is 4.90 Å². The number of aliphatic carboxylic acids is 1. The van der Waals surface area contributed by atoms with E-state index in [0.717, 1.165) is 37.1 Å². The van der Waals surface area contributed by atoms with E-state index in [1.807, 2.05) is 6.92 Å². The second-order valence-corrected chi connectivity index (χ2v) is 6.16. The van der Waals surface area contributed by atoms with E-state index in [1.54, 1.807) is 6.07 Å². The molecule has 0 aliphatic carbocycles. The molecule has 0 amide bonds. The summed E-state index contributed by atoms with van der Waals surface area (Å²) in [5.41, 5.74) is 3.00. The monoisotopic (exact) mass is 316 g/mol. The number of fused-ring (bicyclic) bond motifs is 1. The van der Waals surface area contributed by atoms with Gasteiger partial charge >= 0.3 is 5.97 Å². The molecule has 1 aliphatic heterocycles. The molecule has 0 saturated carbocycles. The Bertz CT molecular complexity index is 737. The van der Waals surface area contributed by atoms with Crippen LogP contribution in [-0.2, 0) is 11.2 Å². The van der Waals surface area contributed by atoms with E-state index in [9.17, 15) is 14.3 Å². The van der Waals surface area contributed by atoms with Gasteiger partial charge in [-0.05, 0) is 38.0 Å². The van der Waals surface area contributed by atoms with Gasteiger partial charge in [0, 0.05) is 29.7 Å². The van der Waals surface area contributed by atoms with Gasteiger partial charge in [0.2, 0.25) is 0 Å². The van der Waals surface area contributed by atoms with Crippen molar-refractivity contribution in [3.63, 3.8) is 0 Å². The number of aromatic nitrogens is 1. The van der Waals surface area contributed by atoms with Gasteiger partial charge in [0.15, 0.2) is 0 Å². The lowest BCUT2D eigenvalue weighted by atomic mass is 10.0. The highest BCUT2D eigenvalue weighted by atomic mass is 19.1. The summed E-state index contributed by atoms with van der Waals surface area (Å²) in [5, 5.41) is 9.99. The number of rotatable bonds is 3. The summed E-state index contributed by atoms with van der Waals surface area (Å²) in [6, 6.07) is 4.55.